The van der Waals surface area contributed by atoms with E-state index in [9.17, 15) is 23.4 Å². The number of rotatable bonds is 5. The van der Waals surface area contributed by atoms with Crippen LogP contribution in [0.4, 0.5) is 5.69 Å². The van der Waals surface area contributed by atoms with Gasteiger partial charge in [0.15, 0.2) is 11.5 Å². The fourth-order valence-electron chi connectivity index (χ4n) is 2.58. The zero-order chi connectivity index (χ0) is 21.0. The molecule has 1 amide bonds. The zero-order valence-electron chi connectivity index (χ0n) is 15.0. The molecule has 0 spiro atoms. The van der Waals surface area contributed by atoms with Gasteiger partial charge < -0.3 is 15.5 Å². The summed E-state index contributed by atoms with van der Waals surface area (Å²) in [5, 5.41) is 27.0. The summed E-state index contributed by atoms with van der Waals surface area (Å²) in [4.78, 5) is 16.5. The van der Waals surface area contributed by atoms with Crippen LogP contribution >= 0.6 is 0 Å². The van der Waals surface area contributed by atoms with Gasteiger partial charge in [0, 0.05) is 29.7 Å². The van der Waals surface area contributed by atoms with Gasteiger partial charge in [-0.15, -0.1) is 0 Å². The van der Waals surface area contributed by atoms with Gasteiger partial charge in [-0.25, -0.2) is 13.6 Å². The number of phenolic OH excluding ortho intramolecular Hbond substituents is 2. The van der Waals surface area contributed by atoms with Crippen LogP contribution in [0.3, 0.4) is 0 Å². The first-order valence-corrected chi connectivity index (χ1v) is 9.87. The van der Waals surface area contributed by atoms with Crippen molar-refractivity contribution in [2.45, 2.75) is 4.90 Å². The van der Waals surface area contributed by atoms with E-state index in [2.05, 4.69) is 10.3 Å². The topological polar surface area (TPSA) is 143 Å². The highest BCUT2D eigenvalue weighted by molar-refractivity contribution is 7.89. The third-order valence-electron chi connectivity index (χ3n) is 3.98. The van der Waals surface area contributed by atoms with Crippen molar-refractivity contribution in [3.63, 3.8) is 0 Å². The van der Waals surface area contributed by atoms with Crippen molar-refractivity contribution in [2.75, 3.05) is 5.32 Å². The molecule has 0 aliphatic rings. The Morgan fingerprint density at radius 1 is 1.00 bits per heavy atom. The minimum atomic E-state index is -3.82. The van der Waals surface area contributed by atoms with Gasteiger partial charge in [-0.05, 0) is 53.6 Å². The Balaban J connectivity index is 1.93. The fraction of sp³-hybridized carbons (Fsp3) is 0. The summed E-state index contributed by atoms with van der Waals surface area (Å²) >= 11 is 0. The second-order valence-corrected chi connectivity index (χ2v) is 7.62. The Hall–Kier alpha value is -3.69. The van der Waals surface area contributed by atoms with Crippen LogP contribution in [0.15, 0.2) is 78.0 Å². The van der Waals surface area contributed by atoms with E-state index >= 15 is 0 Å². The summed E-state index contributed by atoms with van der Waals surface area (Å²) in [6, 6.07) is 13.1. The third-order valence-corrected chi connectivity index (χ3v) is 4.91. The lowest BCUT2D eigenvalue weighted by Crippen LogP contribution is -2.13. The van der Waals surface area contributed by atoms with Crippen LogP contribution in [0.5, 0.6) is 11.5 Å². The van der Waals surface area contributed by atoms with Gasteiger partial charge in [0.05, 0.1) is 4.90 Å². The van der Waals surface area contributed by atoms with Crippen LogP contribution in [0.25, 0.3) is 5.57 Å². The number of amides is 1. The Kier molecular flexibility index (Phi) is 5.62. The number of nitrogens with one attached hydrogen (secondary N) is 1. The maximum Gasteiger partial charge on any atom is 0.249 e. The average Bonchev–Trinajstić information content (AvgIpc) is 2.69. The maximum absolute atomic E-state index is 12.5. The number of primary sulfonamides is 1. The molecular weight excluding hydrogens is 394 g/mol. The smallest absolute Gasteiger partial charge is 0.249 e. The number of aromatic nitrogens is 1. The van der Waals surface area contributed by atoms with E-state index in [1.165, 1.54) is 42.5 Å². The highest BCUT2D eigenvalue weighted by Gasteiger charge is 2.12. The molecule has 0 bridgehead atoms. The van der Waals surface area contributed by atoms with Gasteiger partial charge >= 0.3 is 0 Å². The van der Waals surface area contributed by atoms with Crippen molar-refractivity contribution < 1.29 is 23.4 Å². The van der Waals surface area contributed by atoms with Crippen molar-refractivity contribution in [2.24, 2.45) is 5.14 Å². The molecule has 0 unspecified atom stereocenters. The third kappa shape index (κ3) is 4.98. The second-order valence-electron chi connectivity index (χ2n) is 6.06. The highest BCUT2D eigenvalue weighted by Crippen LogP contribution is 2.31. The molecule has 3 aromatic rings. The summed E-state index contributed by atoms with van der Waals surface area (Å²) in [6.45, 7) is 0. The molecule has 0 saturated carbocycles. The predicted octanol–water partition coefficient (Wildman–Crippen LogP) is 2.21. The fourth-order valence-corrected chi connectivity index (χ4v) is 3.10. The summed E-state index contributed by atoms with van der Waals surface area (Å²) in [5.41, 5.74) is 1.95. The lowest BCUT2D eigenvalue weighted by Gasteiger charge is -2.10. The summed E-state index contributed by atoms with van der Waals surface area (Å²) < 4.78 is 22.6. The molecule has 1 aromatic heterocycles. The molecule has 9 heteroatoms. The van der Waals surface area contributed by atoms with Crippen molar-refractivity contribution >= 4 is 27.2 Å². The molecule has 2 aromatic carbocycles. The number of hydrogen-bond acceptors (Lipinski definition) is 6. The number of nitrogens with zero attached hydrogens (tertiary/aromatic N) is 1. The van der Waals surface area contributed by atoms with Crippen LogP contribution in [0.2, 0.25) is 0 Å². The molecule has 0 atom stereocenters. The number of benzene rings is 2. The van der Waals surface area contributed by atoms with Gasteiger partial charge in [0.25, 0.3) is 0 Å². The number of hydrogen-bond donors (Lipinski definition) is 4. The lowest BCUT2D eigenvalue weighted by molar-refractivity contribution is -0.111. The standard InChI is InChI=1S/C20H17N3O5S/c21-29(27,28)16-6-4-15(5-7-16)23-20(26)11-17(14-2-1-9-22-12-14)13-3-8-18(24)19(25)10-13/h1-12,24-25H,(H,23,26)(H2,21,27,28). The van der Waals surface area contributed by atoms with Gasteiger partial charge in [0.1, 0.15) is 0 Å². The van der Waals surface area contributed by atoms with E-state index in [1.807, 2.05) is 0 Å². The number of carbonyl (C=O) groups is 1. The van der Waals surface area contributed by atoms with E-state index in [1.54, 1.807) is 30.6 Å². The number of sulfonamides is 1. The number of nitrogens with two attached hydrogens (primary N) is 1. The Bertz CT molecular complexity index is 1170. The molecule has 0 saturated heterocycles. The molecule has 3 rings (SSSR count). The first-order valence-electron chi connectivity index (χ1n) is 8.32. The average molecular weight is 411 g/mol. The van der Waals surface area contributed by atoms with Gasteiger partial charge in [-0.2, -0.15) is 0 Å². The molecule has 148 valence electrons. The minimum Gasteiger partial charge on any atom is -0.504 e. The predicted molar refractivity (Wildman–Crippen MR) is 108 cm³/mol. The number of aromatic hydroxyl groups is 2. The van der Waals surface area contributed by atoms with E-state index in [4.69, 9.17) is 5.14 Å². The van der Waals surface area contributed by atoms with Gasteiger partial charge in [0.2, 0.25) is 15.9 Å². The molecular formula is C20H17N3O5S. The highest BCUT2D eigenvalue weighted by atomic mass is 32.2. The molecule has 1 heterocycles. The number of pyridine rings is 1. The van der Waals surface area contributed by atoms with Crippen molar-refractivity contribution in [3.05, 3.63) is 84.2 Å². The van der Waals surface area contributed by atoms with E-state index in [0.717, 1.165) is 0 Å². The van der Waals surface area contributed by atoms with Crippen molar-refractivity contribution in [1.82, 2.24) is 4.98 Å². The van der Waals surface area contributed by atoms with Crippen molar-refractivity contribution in [1.29, 1.82) is 0 Å². The Morgan fingerprint density at radius 2 is 1.72 bits per heavy atom. The molecule has 0 aliphatic carbocycles. The van der Waals surface area contributed by atoms with Crippen LogP contribution in [0, 0.1) is 0 Å². The minimum absolute atomic E-state index is 0.0679. The van der Waals surface area contributed by atoms with Gasteiger partial charge in [-0.1, -0.05) is 12.1 Å². The zero-order valence-corrected chi connectivity index (χ0v) is 15.8. The first kappa shape index (κ1) is 20.1. The molecule has 29 heavy (non-hydrogen) atoms. The van der Waals surface area contributed by atoms with Crippen LogP contribution in [0.1, 0.15) is 11.1 Å². The van der Waals surface area contributed by atoms with Crippen LogP contribution in [-0.4, -0.2) is 29.5 Å². The number of anilines is 1. The maximum atomic E-state index is 12.5. The van der Waals surface area contributed by atoms with E-state index in [-0.39, 0.29) is 16.4 Å². The molecule has 5 N–H and O–H groups in total. The molecule has 0 radical (unpaired) electrons. The Labute approximate surface area is 167 Å². The molecule has 8 nitrogen and oxygen atoms in total. The van der Waals surface area contributed by atoms with E-state index in [0.29, 0.717) is 22.4 Å². The SMILES string of the molecule is NS(=O)(=O)c1ccc(NC(=O)C=C(c2cccnc2)c2ccc(O)c(O)c2)cc1. The monoisotopic (exact) mass is 411 g/mol. The largest absolute Gasteiger partial charge is 0.504 e. The van der Waals surface area contributed by atoms with Gasteiger partial charge in [-0.3, -0.25) is 9.78 Å². The van der Waals surface area contributed by atoms with E-state index < -0.39 is 15.9 Å². The van der Waals surface area contributed by atoms with Crippen LogP contribution in [-0.2, 0) is 14.8 Å². The molecule has 0 aliphatic heterocycles. The van der Waals surface area contributed by atoms with Crippen LogP contribution < -0.4 is 10.5 Å². The lowest BCUT2D eigenvalue weighted by atomic mass is 9.98. The first-order chi connectivity index (χ1) is 13.7. The Morgan fingerprint density at radius 3 is 2.31 bits per heavy atom. The second kappa shape index (κ2) is 8.13. The number of phenols is 2. The summed E-state index contributed by atoms with van der Waals surface area (Å²) in [7, 11) is -3.82. The number of carbonyl (C=O) groups excluding carboxylic acids is 1. The quantitative estimate of drug-likeness (QED) is 0.374. The summed E-state index contributed by atoms with van der Waals surface area (Å²) in [5.74, 6) is -1.09. The van der Waals surface area contributed by atoms with Crippen molar-refractivity contribution in [3.8, 4) is 11.5 Å². The molecule has 0 fully saturated rings. The summed E-state index contributed by atoms with van der Waals surface area (Å²) in [6.07, 6.45) is 4.46. The normalized spacial score (nSPS) is 11.8.